The van der Waals surface area contributed by atoms with Gasteiger partial charge in [-0.1, -0.05) is 30.3 Å². The topological polar surface area (TPSA) is 39.7 Å². The molecule has 2 aliphatic rings. The SMILES string of the molecule is C=C(C)N1CNC2(Cl)N=C(I)NC(c3cccc(F)c3)=C12. The first kappa shape index (κ1) is 14.8. The second-order valence-electron chi connectivity index (χ2n) is 4.88. The number of allylic oxidation sites excluding steroid dienone is 1. The van der Waals surface area contributed by atoms with Gasteiger partial charge in [0, 0.05) is 11.3 Å². The van der Waals surface area contributed by atoms with Crippen LogP contribution in [-0.4, -0.2) is 20.5 Å². The molecule has 1 saturated heterocycles. The smallest absolute Gasteiger partial charge is 0.233 e. The molecule has 0 aliphatic carbocycles. The average Bonchev–Trinajstić information content (AvgIpc) is 2.74. The van der Waals surface area contributed by atoms with E-state index in [2.05, 4.69) is 44.8 Å². The van der Waals surface area contributed by atoms with Gasteiger partial charge in [-0.05, 0) is 41.6 Å². The van der Waals surface area contributed by atoms with E-state index in [0.717, 1.165) is 17.1 Å². The van der Waals surface area contributed by atoms with Crippen LogP contribution in [0.1, 0.15) is 12.5 Å². The van der Waals surface area contributed by atoms with Crippen LogP contribution < -0.4 is 10.6 Å². The van der Waals surface area contributed by atoms with Crippen molar-refractivity contribution >= 4 is 43.7 Å². The van der Waals surface area contributed by atoms with Crippen LogP contribution in [0.25, 0.3) is 5.70 Å². The normalized spacial score (nSPS) is 24.6. The maximum atomic E-state index is 13.6. The molecule has 0 aromatic heterocycles. The standard InChI is InChI=1S/C14H13ClFIN4/c1-8(2)21-7-18-14(15)12(21)11(19-13(17)20-14)9-4-3-5-10(16)6-9/h3-6,18H,1,7H2,2H3,(H,19,20). The summed E-state index contributed by atoms with van der Waals surface area (Å²) in [5.41, 5.74) is 3.02. The van der Waals surface area contributed by atoms with Gasteiger partial charge < -0.3 is 10.2 Å². The second-order valence-corrected chi connectivity index (χ2v) is 6.45. The van der Waals surface area contributed by atoms with Gasteiger partial charge in [0.2, 0.25) is 5.12 Å². The fourth-order valence-electron chi connectivity index (χ4n) is 2.42. The summed E-state index contributed by atoms with van der Waals surface area (Å²) in [5.74, 6) is -0.298. The van der Waals surface area contributed by atoms with Gasteiger partial charge in [0.15, 0.2) is 3.84 Å². The number of nitrogens with one attached hydrogen (secondary N) is 2. The fourth-order valence-corrected chi connectivity index (χ4v) is 3.54. The van der Waals surface area contributed by atoms with E-state index in [1.54, 1.807) is 6.07 Å². The minimum Gasteiger partial charge on any atom is -0.333 e. The van der Waals surface area contributed by atoms with Crippen LogP contribution in [0, 0.1) is 5.82 Å². The highest BCUT2D eigenvalue weighted by Crippen LogP contribution is 2.41. The second kappa shape index (κ2) is 5.26. The Bertz CT molecular complexity index is 687. The van der Waals surface area contributed by atoms with E-state index in [0.29, 0.717) is 16.1 Å². The number of nitrogens with zero attached hydrogens (tertiary/aromatic N) is 2. The molecule has 1 unspecified atom stereocenters. The maximum Gasteiger partial charge on any atom is 0.233 e. The number of hydrogen-bond donors (Lipinski definition) is 2. The molecule has 0 radical (unpaired) electrons. The van der Waals surface area contributed by atoms with Gasteiger partial charge in [0.1, 0.15) is 11.5 Å². The molecule has 21 heavy (non-hydrogen) atoms. The van der Waals surface area contributed by atoms with Crippen LogP contribution >= 0.6 is 34.2 Å². The molecule has 2 aliphatic heterocycles. The van der Waals surface area contributed by atoms with E-state index in [1.165, 1.54) is 12.1 Å². The lowest BCUT2D eigenvalue weighted by molar-refractivity contribution is 0.477. The van der Waals surface area contributed by atoms with Gasteiger partial charge >= 0.3 is 0 Å². The maximum absolute atomic E-state index is 13.6. The van der Waals surface area contributed by atoms with Crippen LogP contribution in [0.5, 0.6) is 0 Å². The van der Waals surface area contributed by atoms with Crippen molar-refractivity contribution in [1.29, 1.82) is 0 Å². The molecule has 0 saturated carbocycles. The molecule has 3 rings (SSSR count). The summed E-state index contributed by atoms with van der Waals surface area (Å²) in [5, 5.41) is 5.29. The number of fused-ring (bicyclic) bond motifs is 1. The Morgan fingerprint density at radius 1 is 1.57 bits per heavy atom. The summed E-state index contributed by atoms with van der Waals surface area (Å²) >= 11 is 8.68. The van der Waals surface area contributed by atoms with Crippen LogP contribution in [0.2, 0.25) is 0 Å². The van der Waals surface area contributed by atoms with Gasteiger partial charge in [0.05, 0.1) is 12.4 Å². The quantitative estimate of drug-likeness (QED) is 0.440. The average molecular weight is 419 g/mol. The van der Waals surface area contributed by atoms with Crippen molar-refractivity contribution in [1.82, 2.24) is 15.5 Å². The van der Waals surface area contributed by atoms with E-state index in [4.69, 9.17) is 11.6 Å². The van der Waals surface area contributed by atoms with Crippen LogP contribution in [-0.2, 0) is 0 Å². The first-order valence-electron chi connectivity index (χ1n) is 6.31. The molecule has 2 N–H and O–H groups in total. The van der Waals surface area contributed by atoms with Gasteiger partial charge in [-0.3, -0.25) is 5.32 Å². The van der Waals surface area contributed by atoms with E-state index in [-0.39, 0.29) is 5.82 Å². The molecule has 2 heterocycles. The minimum absolute atomic E-state index is 0.298. The third kappa shape index (κ3) is 2.56. The van der Waals surface area contributed by atoms with Gasteiger partial charge in [-0.15, -0.1) is 0 Å². The zero-order chi connectivity index (χ0) is 15.2. The van der Waals surface area contributed by atoms with Crippen molar-refractivity contribution in [3.8, 4) is 0 Å². The predicted octanol–water partition coefficient (Wildman–Crippen LogP) is 3.18. The Balaban J connectivity index is 2.20. The number of hydrogen-bond acceptors (Lipinski definition) is 4. The number of halogens is 3. The van der Waals surface area contributed by atoms with Crippen molar-refractivity contribution in [2.45, 2.75) is 12.0 Å². The number of benzene rings is 1. The summed E-state index contributed by atoms with van der Waals surface area (Å²) in [4.78, 5) is 6.36. The molecule has 0 bridgehead atoms. The Hall–Kier alpha value is -1.12. The molecular formula is C14H13ClFIN4. The number of amidine groups is 1. The Labute approximate surface area is 140 Å². The minimum atomic E-state index is -1.05. The highest BCUT2D eigenvalue weighted by atomic mass is 127. The first-order valence-corrected chi connectivity index (χ1v) is 7.76. The van der Waals surface area contributed by atoms with Crippen molar-refractivity contribution in [3.63, 3.8) is 0 Å². The monoisotopic (exact) mass is 418 g/mol. The molecular weight excluding hydrogens is 406 g/mol. The summed E-state index contributed by atoms with van der Waals surface area (Å²) in [7, 11) is 0. The van der Waals surface area contributed by atoms with Crippen molar-refractivity contribution < 1.29 is 4.39 Å². The summed E-state index contributed by atoms with van der Waals surface area (Å²) in [6.45, 7) is 6.36. The first-order chi connectivity index (χ1) is 9.90. The van der Waals surface area contributed by atoms with E-state index in [9.17, 15) is 4.39 Å². The molecule has 1 aromatic carbocycles. The van der Waals surface area contributed by atoms with Crippen LogP contribution in [0.15, 0.2) is 47.2 Å². The third-order valence-electron chi connectivity index (χ3n) is 3.35. The molecule has 0 amide bonds. The number of aliphatic imine (C=N–C) groups is 1. The Kier molecular flexibility index (Phi) is 3.71. The third-order valence-corrected chi connectivity index (χ3v) is 4.25. The van der Waals surface area contributed by atoms with Gasteiger partial charge in [0.25, 0.3) is 0 Å². The van der Waals surface area contributed by atoms with E-state index < -0.39 is 5.12 Å². The van der Waals surface area contributed by atoms with Gasteiger partial charge in [-0.2, -0.15) is 0 Å². The van der Waals surface area contributed by atoms with Crippen molar-refractivity contribution in [2.75, 3.05) is 6.67 Å². The molecule has 1 aromatic rings. The Morgan fingerprint density at radius 3 is 3.00 bits per heavy atom. The van der Waals surface area contributed by atoms with E-state index >= 15 is 0 Å². The predicted molar refractivity (Wildman–Crippen MR) is 91.2 cm³/mol. The van der Waals surface area contributed by atoms with Crippen LogP contribution in [0.4, 0.5) is 4.39 Å². The molecule has 110 valence electrons. The van der Waals surface area contributed by atoms with Crippen molar-refractivity contribution in [3.05, 3.63) is 53.6 Å². The van der Waals surface area contributed by atoms with E-state index in [1.807, 2.05) is 17.9 Å². The highest BCUT2D eigenvalue weighted by molar-refractivity contribution is 14.1. The summed E-state index contributed by atoms with van der Waals surface area (Å²) < 4.78 is 14.2. The Morgan fingerprint density at radius 2 is 2.33 bits per heavy atom. The molecule has 4 nitrogen and oxygen atoms in total. The van der Waals surface area contributed by atoms with Crippen LogP contribution in [0.3, 0.4) is 0 Å². The largest absolute Gasteiger partial charge is 0.333 e. The molecule has 7 heteroatoms. The zero-order valence-electron chi connectivity index (χ0n) is 11.3. The highest BCUT2D eigenvalue weighted by Gasteiger charge is 2.46. The zero-order valence-corrected chi connectivity index (χ0v) is 14.2. The number of rotatable bonds is 2. The molecule has 0 spiro atoms. The lowest BCUT2D eigenvalue weighted by Gasteiger charge is -2.31. The molecule has 1 atom stereocenters. The van der Waals surface area contributed by atoms with Gasteiger partial charge in [-0.25, -0.2) is 9.38 Å². The van der Waals surface area contributed by atoms with Crippen molar-refractivity contribution in [2.24, 2.45) is 4.99 Å². The summed E-state index contributed by atoms with van der Waals surface area (Å²) in [6.07, 6.45) is 0. The molecule has 1 fully saturated rings. The summed E-state index contributed by atoms with van der Waals surface area (Å²) in [6, 6.07) is 6.38. The lowest BCUT2D eigenvalue weighted by atomic mass is 10.1. The fraction of sp³-hybridized carbons (Fsp3) is 0.214. The number of alkyl halides is 1. The lowest BCUT2D eigenvalue weighted by Crippen LogP contribution is -2.40.